The molecule has 0 aliphatic carbocycles. The van der Waals surface area contributed by atoms with E-state index in [1.54, 1.807) is 0 Å². The van der Waals surface area contributed by atoms with Gasteiger partial charge in [-0.3, -0.25) is 0 Å². The van der Waals surface area contributed by atoms with E-state index in [2.05, 4.69) is 15.3 Å². The highest BCUT2D eigenvalue weighted by molar-refractivity contribution is 7.91. The van der Waals surface area contributed by atoms with Crippen LogP contribution in [0.1, 0.15) is 6.42 Å². The third-order valence-corrected chi connectivity index (χ3v) is 4.36. The summed E-state index contributed by atoms with van der Waals surface area (Å²) in [7, 11) is -3.38. The average Bonchev–Trinajstić information content (AvgIpc) is 2.70. The molecule has 1 saturated heterocycles. The number of aromatic nitrogens is 2. The van der Waals surface area contributed by atoms with Crippen molar-refractivity contribution in [3.63, 3.8) is 0 Å². The smallest absolute Gasteiger partial charge is 0.247 e. The fourth-order valence-electron chi connectivity index (χ4n) is 1.70. The van der Waals surface area contributed by atoms with Gasteiger partial charge in [-0.2, -0.15) is 0 Å². The van der Waals surface area contributed by atoms with E-state index >= 15 is 0 Å². The van der Waals surface area contributed by atoms with Gasteiger partial charge in [-0.25, -0.2) is 18.4 Å². The monoisotopic (exact) mass is 297 g/mol. The Morgan fingerprint density at radius 2 is 2.06 bits per heavy atom. The third kappa shape index (κ3) is 3.77. The van der Waals surface area contributed by atoms with Gasteiger partial charge in [-0.1, -0.05) is 11.6 Å². The summed E-state index contributed by atoms with van der Waals surface area (Å²) in [6, 6.07) is 0. The van der Waals surface area contributed by atoms with E-state index in [0.717, 1.165) is 19.5 Å². The lowest BCUT2D eigenvalue weighted by Gasteiger charge is -2.07. The van der Waals surface area contributed by atoms with Gasteiger partial charge in [0, 0.05) is 0 Å². The molecule has 1 fully saturated rings. The molecule has 0 aromatic carbocycles. The van der Waals surface area contributed by atoms with Crippen molar-refractivity contribution in [3.8, 4) is 0 Å². The first-order valence-corrected chi connectivity index (χ1v) is 7.02. The molecule has 1 unspecified atom stereocenters. The fourth-order valence-corrected chi connectivity index (χ4v) is 3.28. The maximum absolute atomic E-state index is 11.9. The molecule has 17 heavy (non-hydrogen) atoms. The van der Waals surface area contributed by atoms with Gasteiger partial charge in [0.2, 0.25) is 15.0 Å². The summed E-state index contributed by atoms with van der Waals surface area (Å²) in [5.74, 6) is 0.256. The second kappa shape index (κ2) is 5.95. The molecule has 96 valence electrons. The Morgan fingerprint density at radius 3 is 2.59 bits per heavy atom. The molecule has 0 bridgehead atoms. The summed E-state index contributed by atoms with van der Waals surface area (Å²) < 4.78 is 23.8. The Hall–Kier alpha value is -0.430. The van der Waals surface area contributed by atoms with Crippen LogP contribution in [0.5, 0.6) is 0 Å². The number of hydrogen-bond donors (Lipinski definition) is 1. The molecule has 8 heteroatoms. The molecule has 0 amide bonds. The quantitative estimate of drug-likeness (QED) is 0.841. The third-order valence-electron chi connectivity index (χ3n) is 2.49. The number of halogens is 2. The number of rotatable bonds is 3. The minimum atomic E-state index is -3.38. The van der Waals surface area contributed by atoms with E-state index in [0.29, 0.717) is 5.02 Å². The maximum Gasteiger partial charge on any atom is 0.247 e. The predicted molar refractivity (Wildman–Crippen MR) is 67.3 cm³/mol. The first kappa shape index (κ1) is 14.6. The summed E-state index contributed by atoms with van der Waals surface area (Å²) in [5, 5.41) is 3.33. The van der Waals surface area contributed by atoms with Crippen LogP contribution in [-0.2, 0) is 9.84 Å². The molecular weight excluding hydrogens is 285 g/mol. The van der Waals surface area contributed by atoms with E-state index < -0.39 is 9.84 Å². The van der Waals surface area contributed by atoms with E-state index in [4.69, 9.17) is 11.6 Å². The standard InChI is InChI=1S/C9H12ClN3O2S.ClH/c10-8-4-12-9(13-5-8)16(14,15)6-7-1-2-11-3-7;/h4-5,7,11H,1-3,6H2;1H. The molecule has 2 heterocycles. The lowest BCUT2D eigenvalue weighted by atomic mass is 10.2. The van der Waals surface area contributed by atoms with Gasteiger partial charge in [0.25, 0.3) is 0 Å². The van der Waals surface area contributed by atoms with Crippen LogP contribution in [0.2, 0.25) is 5.02 Å². The molecule has 1 atom stereocenters. The first-order chi connectivity index (χ1) is 7.58. The number of nitrogens with zero attached hydrogens (tertiary/aromatic N) is 2. The molecule has 1 N–H and O–H groups in total. The van der Waals surface area contributed by atoms with Crippen molar-refractivity contribution >= 4 is 33.8 Å². The highest BCUT2D eigenvalue weighted by atomic mass is 35.5. The second-order valence-electron chi connectivity index (χ2n) is 3.82. The fraction of sp³-hybridized carbons (Fsp3) is 0.556. The zero-order valence-corrected chi connectivity index (χ0v) is 11.4. The summed E-state index contributed by atoms with van der Waals surface area (Å²) in [4.78, 5) is 7.48. The van der Waals surface area contributed by atoms with Crippen LogP contribution >= 0.6 is 24.0 Å². The van der Waals surface area contributed by atoms with Crippen molar-refractivity contribution in [2.24, 2.45) is 5.92 Å². The van der Waals surface area contributed by atoms with Crippen molar-refractivity contribution in [3.05, 3.63) is 17.4 Å². The van der Waals surface area contributed by atoms with Crippen LogP contribution in [0.25, 0.3) is 0 Å². The Bertz CT molecular complexity index is 458. The molecule has 2 rings (SSSR count). The Labute approximate surface area is 111 Å². The molecule has 0 saturated carbocycles. The minimum absolute atomic E-state index is 0. The van der Waals surface area contributed by atoms with Crippen LogP contribution < -0.4 is 5.32 Å². The highest BCUT2D eigenvalue weighted by Gasteiger charge is 2.25. The van der Waals surface area contributed by atoms with Gasteiger partial charge in [-0.15, -0.1) is 12.4 Å². The van der Waals surface area contributed by atoms with Crippen molar-refractivity contribution in [2.75, 3.05) is 18.8 Å². The molecule has 1 aromatic rings. The number of nitrogens with one attached hydrogen (secondary N) is 1. The molecule has 1 aliphatic heterocycles. The SMILES string of the molecule is Cl.O=S(=O)(CC1CCNC1)c1ncc(Cl)cn1. The van der Waals surface area contributed by atoms with Gasteiger partial charge in [0.1, 0.15) is 0 Å². The van der Waals surface area contributed by atoms with Gasteiger partial charge in [0.15, 0.2) is 0 Å². The Balaban J connectivity index is 0.00000144. The largest absolute Gasteiger partial charge is 0.316 e. The van der Waals surface area contributed by atoms with Gasteiger partial charge in [0.05, 0.1) is 23.2 Å². The molecule has 1 aliphatic rings. The van der Waals surface area contributed by atoms with E-state index in [-0.39, 0.29) is 29.2 Å². The predicted octanol–water partition coefficient (Wildman–Crippen LogP) is 0.935. The van der Waals surface area contributed by atoms with E-state index in [9.17, 15) is 8.42 Å². The Morgan fingerprint density at radius 1 is 1.41 bits per heavy atom. The van der Waals surface area contributed by atoms with Crippen molar-refractivity contribution < 1.29 is 8.42 Å². The van der Waals surface area contributed by atoms with Crippen LogP contribution in [-0.4, -0.2) is 37.2 Å². The number of sulfone groups is 1. The van der Waals surface area contributed by atoms with Crippen LogP contribution in [0.15, 0.2) is 17.6 Å². The van der Waals surface area contributed by atoms with Crippen LogP contribution in [0.4, 0.5) is 0 Å². The molecule has 0 spiro atoms. The maximum atomic E-state index is 11.9. The second-order valence-corrected chi connectivity index (χ2v) is 6.19. The van der Waals surface area contributed by atoms with Crippen LogP contribution in [0.3, 0.4) is 0 Å². The first-order valence-electron chi connectivity index (χ1n) is 4.99. The van der Waals surface area contributed by atoms with E-state index in [1.165, 1.54) is 12.4 Å². The molecule has 0 radical (unpaired) electrons. The molecule has 1 aromatic heterocycles. The summed E-state index contributed by atoms with van der Waals surface area (Å²) in [6.07, 6.45) is 3.48. The summed E-state index contributed by atoms with van der Waals surface area (Å²) in [5.41, 5.74) is 0. The number of hydrogen-bond acceptors (Lipinski definition) is 5. The lowest BCUT2D eigenvalue weighted by molar-refractivity contribution is 0.562. The van der Waals surface area contributed by atoms with Gasteiger partial charge >= 0.3 is 0 Å². The summed E-state index contributed by atoms with van der Waals surface area (Å²) >= 11 is 5.60. The highest BCUT2D eigenvalue weighted by Crippen LogP contribution is 2.15. The van der Waals surface area contributed by atoms with Gasteiger partial charge in [-0.05, 0) is 25.4 Å². The molecular formula is C9H13Cl2N3O2S. The normalized spacial score (nSPS) is 19.9. The topological polar surface area (TPSA) is 72.0 Å². The summed E-state index contributed by atoms with van der Waals surface area (Å²) in [6.45, 7) is 1.62. The lowest BCUT2D eigenvalue weighted by Crippen LogP contribution is -2.20. The van der Waals surface area contributed by atoms with E-state index in [1.807, 2.05) is 0 Å². The van der Waals surface area contributed by atoms with Crippen molar-refractivity contribution in [2.45, 2.75) is 11.6 Å². The van der Waals surface area contributed by atoms with Crippen molar-refractivity contribution in [1.29, 1.82) is 0 Å². The zero-order chi connectivity index (χ0) is 11.6. The van der Waals surface area contributed by atoms with Crippen molar-refractivity contribution in [1.82, 2.24) is 15.3 Å². The minimum Gasteiger partial charge on any atom is -0.316 e. The molecule has 5 nitrogen and oxygen atoms in total. The average molecular weight is 298 g/mol. The van der Waals surface area contributed by atoms with Gasteiger partial charge < -0.3 is 5.32 Å². The van der Waals surface area contributed by atoms with Crippen LogP contribution in [0, 0.1) is 5.92 Å². The Kier molecular flexibility index (Phi) is 5.12. The zero-order valence-electron chi connectivity index (χ0n) is 8.97.